The van der Waals surface area contributed by atoms with Crippen LogP contribution in [0, 0.1) is 0 Å². The molecule has 4 rings (SSSR count). The second-order valence-corrected chi connectivity index (χ2v) is 6.54. The van der Waals surface area contributed by atoms with Gasteiger partial charge in [-0.2, -0.15) is 0 Å². The van der Waals surface area contributed by atoms with Gasteiger partial charge in [0.1, 0.15) is 17.8 Å². The first kappa shape index (κ1) is 17.9. The Labute approximate surface area is 162 Å². The minimum atomic E-state index is -0.0703. The van der Waals surface area contributed by atoms with Crippen LogP contribution in [-0.4, -0.2) is 47.8 Å². The van der Waals surface area contributed by atoms with Gasteiger partial charge in [-0.15, -0.1) is 0 Å². The normalized spacial score (nSPS) is 14.0. The Balaban J connectivity index is 1.39. The van der Waals surface area contributed by atoms with Crippen LogP contribution in [-0.2, 0) is 0 Å². The van der Waals surface area contributed by atoms with Gasteiger partial charge in [-0.3, -0.25) is 9.59 Å². The van der Waals surface area contributed by atoms with Crippen LogP contribution in [0.1, 0.15) is 20.7 Å². The van der Waals surface area contributed by atoms with Crippen molar-refractivity contribution in [1.29, 1.82) is 0 Å². The monoisotopic (exact) mass is 376 g/mol. The first-order valence-corrected chi connectivity index (χ1v) is 9.14. The SMILES string of the molecule is O=C(c1ccoc1)N1CCN(C(=O)c2cccc(Oc3ccccc3)c2)CC1. The van der Waals surface area contributed by atoms with Gasteiger partial charge in [0.2, 0.25) is 0 Å². The molecule has 1 aliphatic rings. The summed E-state index contributed by atoms with van der Waals surface area (Å²) in [7, 11) is 0. The molecule has 1 aromatic heterocycles. The molecule has 2 aromatic carbocycles. The number of carbonyl (C=O) groups excluding carboxylic acids is 2. The standard InChI is InChI=1S/C22H20N2O4/c25-21(17-5-4-8-20(15-17)28-19-6-2-1-3-7-19)23-10-12-24(13-11-23)22(26)18-9-14-27-16-18/h1-9,14-16H,10-13H2. The molecule has 1 fully saturated rings. The van der Waals surface area contributed by atoms with Crippen LogP contribution in [0.5, 0.6) is 11.5 Å². The molecule has 6 heteroatoms. The molecule has 0 spiro atoms. The van der Waals surface area contributed by atoms with Crippen molar-refractivity contribution >= 4 is 11.8 Å². The van der Waals surface area contributed by atoms with Crippen LogP contribution in [0.2, 0.25) is 0 Å². The van der Waals surface area contributed by atoms with E-state index >= 15 is 0 Å². The minimum absolute atomic E-state index is 0.0612. The smallest absolute Gasteiger partial charge is 0.257 e. The lowest BCUT2D eigenvalue weighted by molar-refractivity contribution is 0.0535. The topological polar surface area (TPSA) is 63.0 Å². The molecule has 0 bridgehead atoms. The summed E-state index contributed by atoms with van der Waals surface area (Å²) in [6, 6.07) is 18.3. The highest BCUT2D eigenvalue weighted by molar-refractivity contribution is 5.96. The van der Waals surface area contributed by atoms with Crippen molar-refractivity contribution in [3.05, 3.63) is 84.3 Å². The zero-order valence-corrected chi connectivity index (χ0v) is 15.3. The van der Waals surface area contributed by atoms with E-state index in [9.17, 15) is 9.59 Å². The largest absolute Gasteiger partial charge is 0.472 e. The molecule has 0 aliphatic carbocycles. The maximum absolute atomic E-state index is 12.9. The zero-order valence-electron chi connectivity index (χ0n) is 15.3. The van der Waals surface area contributed by atoms with Crippen molar-refractivity contribution in [3.63, 3.8) is 0 Å². The highest BCUT2D eigenvalue weighted by Crippen LogP contribution is 2.23. The lowest BCUT2D eigenvalue weighted by Gasteiger charge is -2.34. The Bertz CT molecular complexity index is 946. The second-order valence-electron chi connectivity index (χ2n) is 6.54. The fourth-order valence-corrected chi connectivity index (χ4v) is 3.18. The summed E-state index contributed by atoms with van der Waals surface area (Å²) >= 11 is 0. The third-order valence-electron chi connectivity index (χ3n) is 4.68. The van der Waals surface area contributed by atoms with Crippen molar-refractivity contribution < 1.29 is 18.7 Å². The number of nitrogens with zero attached hydrogens (tertiary/aromatic N) is 2. The highest BCUT2D eigenvalue weighted by atomic mass is 16.5. The quantitative estimate of drug-likeness (QED) is 0.697. The van der Waals surface area contributed by atoms with E-state index in [4.69, 9.17) is 9.15 Å². The number of amides is 2. The predicted octanol–water partition coefficient (Wildman–Crippen LogP) is 3.67. The number of rotatable bonds is 4. The van der Waals surface area contributed by atoms with E-state index in [0.717, 1.165) is 5.75 Å². The number of hydrogen-bond acceptors (Lipinski definition) is 4. The average molecular weight is 376 g/mol. The van der Waals surface area contributed by atoms with Gasteiger partial charge in [0.15, 0.2) is 0 Å². The van der Waals surface area contributed by atoms with Crippen LogP contribution in [0.25, 0.3) is 0 Å². The van der Waals surface area contributed by atoms with E-state index in [1.54, 1.807) is 28.0 Å². The van der Waals surface area contributed by atoms with Gasteiger partial charge in [0.25, 0.3) is 11.8 Å². The molecule has 0 N–H and O–H groups in total. The Hall–Kier alpha value is -3.54. The van der Waals surface area contributed by atoms with Crippen LogP contribution >= 0.6 is 0 Å². The maximum atomic E-state index is 12.9. The number of piperazine rings is 1. The van der Waals surface area contributed by atoms with E-state index in [-0.39, 0.29) is 11.8 Å². The van der Waals surface area contributed by atoms with Crippen LogP contribution in [0.15, 0.2) is 77.6 Å². The molecule has 1 aliphatic heterocycles. The Kier molecular flexibility index (Phi) is 5.10. The summed E-state index contributed by atoms with van der Waals surface area (Å²) in [5.74, 6) is 1.21. The first-order chi connectivity index (χ1) is 13.7. The Morgan fingerprint density at radius 3 is 2.04 bits per heavy atom. The predicted molar refractivity (Wildman–Crippen MR) is 103 cm³/mol. The summed E-state index contributed by atoms with van der Waals surface area (Å²) in [6.45, 7) is 1.98. The molecule has 0 saturated carbocycles. The molecule has 2 heterocycles. The summed E-state index contributed by atoms with van der Waals surface area (Å²) in [5.41, 5.74) is 1.11. The van der Waals surface area contributed by atoms with Crippen molar-refractivity contribution in [1.82, 2.24) is 9.80 Å². The number of para-hydroxylation sites is 1. The molecule has 28 heavy (non-hydrogen) atoms. The van der Waals surface area contributed by atoms with Crippen molar-refractivity contribution in [3.8, 4) is 11.5 Å². The van der Waals surface area contributed by atoms with Crippen LogP contribution in [0.4, 0.5) is 0 Å². The van der Waals surface area contributed by atoms with Gasteiger partial charge in [0.05, 0.1) is 11.8 Å². The van der Waals surface area contributed by atoms with Gasteiger partial charge in [-0.25, -0.2) is 0 Å². The van der Waals surface area contributed by atoms with E-state index in [1.165, 1.54) is 12.5 Å². The molecule has 0 radical (unpaired) electrons. The molecule has 3 aromatic rings. The molecule has 6 nitrogen and oxygen atoms in total. The van der Waals surface area contributed by atoms with E-state index in [1.807, 2.05) is 42.5 Å². The number of ether oxygens (including phenoxy) is 1. The molecule has 1 saturated heterocycles. The second kappa shape index (κ2) is 8.00. The number of carbonyl (C=O) groups is 2. The van der Waals surface area contributed by atoms with Gasteiger partial charge in [-0.05, 0) is 36.4 Å². The Morgan fingerprint density at radius 2 is 1.39 bits per heavy atom. The van der Waals surface area contributed by atoms with Crippen LogP contribution < -0.4 is 4.74 Å². The summed E-state index contributed by atoms with van der Waals surface area (Å²) in [4.78, 5) is 28.7. The van der Waals surface area contributed by atoms with Crippen molar-refractivity contribution in [2.24, 2.45) is 0 Å². The number of hydrogen-bond donors (Lipinski definition) is 0. The van der Waals surface area contributed by atoms with E-state index < -0.39 is 0 Å². The lowest BCUT2D eigenvalue weighted by atomic mass is 10.1. The van der Waals surface area contributed by atoms with Gasteiger partial charge in [0, 0.05) is 31.7 Å². The van der Waals surface area contributed by atoms with Crippen molar-refractivity contribution in [2.75, 3.05) is 26.2 Å². The summed E-state index contributed by atoms with van der Waals surface area (Å²) < 4.78 is 10.8. The number of benzene rings is 2. The van der Waals surface area contributed by atoms with E-state index in [2.05, 4.69) is 0 Å². The maximum Gasteiger partial charge on any atom is 0.257 e. The fourth-order valence-electron chi connectivity index (χ4n) is 3.18. The van der Waals surface area contributed by atoms with Crippen molar-refractivity contribution in [2.45, 2.75) is 0 Å². The first-order valence-electron chi connectivity index (χ1n) is 9.14. The molecule has 0 unspecified atom stereocenters. The molecule has 0 atom stereocenters. The number of furan rings is 1. The molecule has 2 amide bonds. The van der Waals surface area contributed by atoms with Gasteiger partial charge >= 0.3 is 0 Å². The average Bonchev–Trinajstić information content (AvgIpc) is 3.29. The molecular weight excluding hydrogens is 356 g/mol. The highest BCUT2D eigenvalue weighted by Gasteiger charge is 2.26. The summed E-state index contributed by atoms with van der Waals surface area (Å²) in [6.07, 6.45) is 2.93. The minimum Gasteiger partial charge on any atom is -0.472 e. The zero-order chi connectivity index (χ0) is 19.3. The van der Waals surface area contributed by atoms with Gasteiger partial charge in [-0.1, -0.05) is 24.3 Å². The van der Waals surface area contributed by atoms with Crippen LogP contribution in [0.3, 0.4) is 0 Å². The molecular formula is C22H20N2O4. The lowest BCUT2D eigenvalue weighted by Crippen LogP contribution is -2.50. The van der Waals surface area contributed by atoms with Gasteiger partial charge < -0.3 is 19.0 Å². The summed E-state index contributed by atoms with van der Waals surface area (Å²) in [5, 5.41) is 0. The third-order valence-corrected chi connectivity index (χ3v) is 4.68. The fraction of sp³-hybridized carbons (Fsp3) is 0.182. The third kappa shape index (κ3) is 3.91. The Morgan fingerprint density at radius 1 is 0.750 bits per heavy atom. The molecule has 142 valence electrons. The van der Waals surface area contributed by atoms with E-state index in [0.29, 0.717) is 43.1 Å².